The van der Waals surface area contributed by atoms with Crippen LogP contribution in [0.25, 0.3) is 66.8 Å². The fraction of sp³-hybridized carbons (Fsp3) is 0.0566. The minimum absolute atomic E-state index is 0.195. The number of nitrogens with zero attached hydrogens (tertiary/aromatic N) is 1. The van der Waals surface area contributed by atoms with Crippen LogP contribution in [-0.4, -0.2) is 0 Å². The first-order valence-corrected chi connectivity index (χ1v) is 19.0. The summed E-state index contributed by atoms with van der Waals surface area (Å²) in [5.74, 6) is 1.86. The maximum Gasteiger partial charge on any atom is 0.142 e. The summed E-state index contributed by atoms with van der Waals surface area (Å²) in [6.07, 6.45) is 0. The topological polar surface area (TPSA) is 16.4 Å². The largest absolute Gasteiger partial charge is 0.455 e. The molecule has 0 saturated heterocycles. The molecule has 1 aliphatic carbocycles. The number of hydrogen-bond acceptors (Lipinski definition) is 2. The van der Waals surface area contributed by atoms with E-state index in [1.165, 1.54) is 55.3 Å². The maximum absolute atomic E-state index is 6.95. The van der Waals surface area contributed by atoms with Crippen molar-refractivity contribution in [2.45, 2.75) is 19.3 Å². The molecule has 0 unspecified atom stereocenters. The van der Waals surface area contributed by atoms with Gasteiger partial charge in [-0.2, -0.15) is 0 Å². The summed E-state index contributed by atoms with van der Waals surface area (Å²) in [4.78, 5) is 2.34. The Hall–Kier alpha value is -6.90. The summed E-state index contributed by atoms with van der Waals surface area (Å²) >= 11 is 0. The Labute approximate surface area is 322 Å². The van der Waals surface area contributed by atoms with E-state index in [9.17, 15) is 0 Å². The van der Waals surface area contributed by atoms with Crippen LogP contribution in [0.5, 0.6) is 0 Å². The van der Waals surface area contributed by atoms with Gasteiger partial charge in [-0.1, -0.05) is 166 Å². The quantitative estimate of drug-likeness (QED) is 0.164. The molecule has 55 heavy (non-hydrogen) atoms. The van der Waals surface area contributed by atoms with Crippen LogP contribution in [0.2, 0.25) is 0 Å². The number of rotatable bonds is 7. The highest BCUT2D eigenvalue weighted by molar-refractivity contribution is 5.98. The third kappa shape index (κ3) is 5.57. The van der Waals surface area contributed by atoms with Crippen molar-refractivity contribution in [1.29, 1.82) is 0 Å². The van der Waals surface area contributed by atoms with Gasteiger partial charge in [0.25, 0.3) is 0 Å². The highest BCUT2D eigenvalue weighted by Gasteiger charge is 2.42. The molecule has 8 aromatic carbocycles. The van der Waals surface area contributed by atoms with Gasteiger partial charge >= 0.3 is 0 Å². The van der Waals surface area contributed by atoms with E-state index in [4.69, 9.17) is 4.42 Å². The molecule has 0 N–H and O–H groups in total. The Kier molecular flexibility index (Phi) is 7.85. The second kappa shape index (κ2) is 13.2. The molecule has 2 heteroatoms. The zero-order chi connectivity index (χ0) is 36.9. The smallest absolute Gasteiger partial charge is 0.142 e. The number of hydrogen-bond donors (Lipinski definition) is 0. The Morgan fingerprint density at radius 2 is 0.855 bits per heavy atom. The summed E-state index contributed by atoms with van der Waals surface area (Å²) in [5.41, 5.74) is 15.1. The molecule has 262 valence electrons. The molecule has 0 fully saturated rings. The molecule has 2 nitrogen and oxygen atoms in total. The number of fused-ring (bicyclic) bond motifs is 4. The SMILES string of the molecule is CC1(C)c2ccccc2-c2c(-c3ccc(N(c4ccc(-c5ccccc5)cc4)c4ccc(-c5cccc6ccccc56)cc4)cc3)oc(-c3ccccc3)c21. The number of benzene rings is 8. The van der Waals surface area contributed by atoms with Gasteiger partial charge in [-0.25, -0.2) is 0 Å². The van der Waals surface area contributed by atoms with Crippen LogP contribution in [0.4, 0.5) is 17.1 Å². The van der Waals surface area contributed by atoms with Crippen molar-refractivity contribution in [3.63, 3.8) is 0 Å². The van der Waals surface area contributed by atoms with Crippen molar-refractivity contribution in [3.8, 4) is 56.0 Å². The first kappa shape index (κ1) is 32.7. The summed E-state index contributed by atoms with van der Waals surface area (Å²) in [6, 6.07) is 71.7. The van der Waals surface area contributed by atoms with Gasteiger partial charge in [-0.15, -0.1) is 0 Å². The van der Waals surface area contributed by atoms with Gasteiger partial charge in [0.05, 0.1) is 0 Å². The van der Waals surface area contributed by atoms with Gasteiger partial charge < -0.3 is 9.32 Å². The fourth-order valence-electron chi connectivity index (χ4n) is 8.57. The van der Waals surface area contributed by atoms with Crippen molar-refractivity contribution in [1.82, 2.24) is 0 Å². The van der Waals surface area contributed by atoms with E-state index < -0.39 is 0 Å². The van der Waals surface area contributed by atoms with E-state index >= 15 is 0 Å². The lowest BCUT2D eigenvalue weighted by Crippen LogP contribution is -2.15. The lowest BCUT2D eigenvalue weighted by atomic mass is 9.81. The fourth-order valence-corrected chi connectivity index (χ4v) is 8.57. The van der Waals surface area contributed by atoms with Crippen LogP contribution in [0.15, 0.2) is 205 Å². The van der Waals surface area contributed by atoms with Crippen LogP contribution in [-0.2, 0) is 5.41 Å². The van der Waals surface area contributed by atoms with E-state index in [1.807, 2.05) is 0 Å². The zero-order valence-corrected chi connectivity index (χ0v) is 30.9. The minimum Gasteiger partial charge on any atom is -0.455 e. The first-order chi connectivity index (χ1) is 27.0. The highest BCUT2D eigenvalue weighted by Crippen LogP contribution is 2.57. The molecule has 0 amide bonds. The average Bonchev–Trinajstić information content (AvgIpc) is 3.77. The van der Waals surface area contributed by atoms with Gasteiger partial charge in [-0.05, 0) is 92.7 Å². The van der Waals surface area contributed by atoms with Crippen LogP contribution in [0, 0.1) is 0 Å². The van der Waals surface area contributed by atoms with Gasteiger partial charge in [-0.3, -0.25) is 0 Å². The van der Waals surface area contributed by atoms with Crippen molar-refractivity contribution in [2.24, 2.45) is 0 Å². The highest BCUT2D eigenvalue weighted by atomic mass is 16.3. The number of anilines is 3. The second-order valence-corrected chi connectivity index (χ2v) is 14.9. The third-order valence-corrected chi connectivity index (χ3v) is 11.3. The maximum atomic E-state index is 6.95. The molecule has 10 rings (SSSR count). The standard InChI is InChI=1S/C53H39NO/c1-53(2)48-23-12-11-21-47(48)49-50(53)52(40-17-7-4-8-18-40)55-51(49)41-28-34-44(35-29-41)54(42-30-24-37(25-31-42)36-14-5-3-6-15-36)43-32-26-39(27-33-43)46-22-13-19-38-16-9-10-20-45(38)46/h3-35H,1-2H3. The van der Waals surface area contributed by atoms with Gasteiger partial charge in [0.15, 0.2) is 0 Å². The molecule has 1 aromatic heterocycles. The van der Waals surface area contributed by atoms with Crippen LogP contribution >= 0.6 is 0 Å². The van der Waals surface area contributed by atoms with Gasteiger partial charge in [0.1, 0.15) is 11.5 Å². The Morgan fingerprint density at radius 3 is 1.53 bits per heavy atom. The van der Waals surface area contributed by atoms with Crippen molar-refractivity contribution < 1.29 is 4.42 Å². The third-order valence-electron chi connectivity index (χ3n) is 11.3. The van der Waals surface area contributed by atoms with Crippen LogP contribution in [0.3, 0.4) is 0 Å². The van der Waals surface area contributed by atoms with Crippen LogP contribution < -0.4 is 4.90 Å². The Balaban J connectivity index is 1.08. The molecule has 0 atom stereocenters. The Bertz CT molecular complexity index is 2790. The Morgan fingerprint density at radius 1 is 0.382 bits per heavy atom. The molecular weight excluding hydrogens is 667 g/mol. The van der Waals surface area contributed by atoms with E-state index in [1.54, 1.807) is 0 Å². The molecule has 0 spiro atoms. The molecule has 0 radical (unpaired) electrons. The number of furan rings is 1. The van der Waals surface area contributed by atoms with Crippen LogP contribution in [0.1, 0.15) is 25.0 Å². The molecule has 9 aromatic rings. The predicted molar refractivity (Wildman–Crippen MR) is 230 cm³/mol. The average molecular weight is 706 g/mol. The lowest BCUT2D eigenvalue weighted by molar-refractivity contribution is 0.575. The van der Waals surface area contributed by atoms with Gasteiger partial charge in [0.2, 0.25) is 0 Å². The zero-order valence-electron chi connectivity index (χ0n) is 30.9. The summed E-state index contributed by atoms with van der Waals surface area (Å²) in [7, 11) is 0. The normalized spacial score (nSPS) is 12.7. The molecular formula is C53H39NO. The van der Waals surface area contributed by atoms with E-state index in [2.05, 4.69) is 219 Å². The molecule has 0 aliphatic heterocycles. The monoisotopic (exact) mass is 705 g/mol. The second-order valence-electron chi connectivity index (χ2n) is 14.9. The summed E-state index contributed by atoms with van der Waals surface area (Å²) in [6.45, 7) is 4.64. The summed E-state index contributed by atoms with van der Waals surface area (Å²) < 4.78 is 6.95. The van der Waals surface area contributed by atoms with Crippen molar-refractivity contribution >= 4 is 27.8 Å². The van der Waals surface area contributed by atoms with Gasteiger partial charge in [0, 0.05) is 44.7 Å². The molecule has 0 bridgehead atoms. The van der Waals surface area contributed by atoms with Crippen molar-refractivity contribution in [2.75, 3.05) is 4.90 Å². The molecule has 0 saturated carbocycles. The molecule has 1 aliphatic rings. The lowest BCUT2D eigenvalue weighted by Gasteiger charge is -2.26. The van der Waals surface area contributed by atoms with Crippen molar-refractivity contribution in [3.05, 3.63) is 211 Å². The predicted octanol–water partition coefficient (Wildman–Crippen LogP) is 14.9. The minimum atomic E-state index is -0.195. The van der Waals surface area contributed by atoms with E-state index in [-0.39, 0.29) is 5.41 Å². The first-order valence-electron chi connectivity index (χ1n) is 19.0. The van der Waals surface area contributed by atoms with E-state index in [0.29, 0.717) is 0 Å². The van der Waals surface area contributed by atoms with E-state index in [0.717, 1.165) is 39.7 Å². The molecule has 1 heterocycles. The summed E-state index contributed by atoms with van der Waals surface area (Å²) in [5, 5.41) is 2.50.